The van der Waals surface area contributed by atoms with Gasteiger partial charge in [-0.3, -0.25) is 9.80 Å². The van der Waals surface area contributed by atoms with Gasteiger partial charge in [0.05, 0.1) is 24.8 Å². The summed E-state index contributed by atoms with van der Waals surface area (Å²) in [6.45, 7) is 7.60. The second kappa shape index (κ2) is 13.1. The first-order valence-corrected chi connectivity index (χ1v) is 11.4. The summed E-state index contributed by atoms with van der Waals surface area (Å²) in [6, 6.07) is 10.9. The number of benzene rings is 1. The fourth-order valence-corrected chi connectivity index (χ4v) is 4.64. The third-order valence-corrected chi connectivity index (χ3v) is 6.24. The summed E-state index contributed by atoms with van der Waals surface area (Å²) < 4.78 is 69.4. The molecule has 0 bridgehead atoms. The van der Waals surface area contributed by atoms with Gasteiger partial charge in [-0.25, -0.2) is 9.59 Å². The van der Waals surface area contributed by atoms with Crippen molar-refractivity contribution in [1.29, 1.82) is 5.26 Å². The Hall–Kier alpha value is -2.89. The molecule has 3 aliphatic rings. The average Bonchev–Trinajstić information content (AvgIpc) is 3.48. The van der Waals surface area contributed by atoms with Crippen LogP contribution < -0.4 is 0 Å². The number of nitriles is 1. The molecular weight excluding hydrogens is 512 g/mol. The van der Waals surface area contributed by atoms with Gasteiger partial charge in [0.15, 0.2) is 0 Å². The van der Waals surface area contributed by atoms with Crippen LogP contribution >= 0.6 is 0 Å². The number of carboxylic acids is 2. The molecule has 3 saturated heterocycles. The van der Waals surface area contributed by atoms with Crippen molar-refractivity contribution in [1.82, 2.24) is 9.80 Å². The number of ether oxygens (including phenoxy) is 1. The number of alkyl halides is 6. The molecular formula is C23H27F6N3O5. The van der Waals surface area contributed by atoms with Crippen LogP contribution in [0.4, 0.5) is 26.3 Å². The smallest absolute Gasteiger partial charge is 0.475 e. The SMILES string of the molecule is N#Cc1cccc(CN2C[C@@H]3COC[C@@H](N4CCCC4)[C@@H]3C2)c1.O=C(O)C(F)(F)F.O=C(O)C(F)(F)F. The molecule has 0 aliphatic carbocycles. The summed E-state index contributed by atoms with van der Waals surface area (Å²) in [6.07, 6.45) is -7.48. The molecule has 0 spiro atoms. The molecule has 0 unspecified atom stereocenters. The molecule has 14 heteroatoms. The highest BCUT2D eigenvalue weighted by atomic mass is 19.4. The number of nitrogens with zero attached hydrogens (tertiary/aromatic N) is 3. The van der Waals surface area contributed by atoms with E-state index in [9.17, 15) is 26.3 Å². The molecule has 3 aliphatic heterocycles. The zero-order valence-electron chi connectivity index (χ0n) is 19.6. The highest BCUT2D eigenvalue weighted by Gasteiger charge is 2.43. The molecule has 2 N–H and O–H groups in total. The van der Waals surface area contributed by atoms with Crippen LogP contribution in [0.1, 0.15) is 24.0 Å². The number of rotatable bonds is 3. The van der Waals surface area contributed by atoms with Gasteiger partial charge in [-0.05, 0) is 49.5 Å². The van der Waals surface area contributed by atoms with Gasteiger partial charge in [-0.2, -0.15) is 31.6 Å². The number of halogens is 6. The van der Waals surface area contributed by atoms with E-state index < -0.39 is 24.3 Å². The first kappa shape index (κ1) is 30.3. The molecule has 206 valence electrons. The minimum atomic E-state index is -5.08. The van der Waals surface area contributed by atoms with Gasteiger partial charge in [0.2, 0.25) is 0 Å². The van der Waals surface area contributed by atoms with Crippen molar-refractivity contribution in [2.24, 2.45) is 11.8 Å². The lowest BCUT2D eigenvalue weighted by molar-refractivity contribution is -0.193. The molecule has 3 atom stereocenters. The monoisotopic (exact) mass is 539 g/mol. The molecule has 3 fully saturated rings. The summed E-state index contributed by atoms with van der Waals surface area (Å²) >= 11 is 0. The van der Waals surface area contributed by atoms with Gasteiger partial charge >= 0.3 is 24.3 Å². The third kappa shape index (κ3) is 9.49. The van der Waals surface area contributed by atoms with Crippen molar-refractivity contribution in [3.8, 4) is 6.07 Å². The van der Waals surface area contributed by atoms with E-state index in [1.165, 1.54) is 38.0 Å². The predicted octanol–water partition coefficient (Wildman–Crippen LogP) is 3.37. The van der Waals surface area contributed by atoms with Gasteiger partial charge in [0.25, 0.3) is 0 Å². The Kier molecular flexibility index (Phi) is 10.7. The Morgan fingerprint density at radius 3 is 2.08 bits per heavy atom. The molecule has 37 heavy (non-hydrogen) atoms. The summed E-state index contributed by atoms with van der Waals surface area (Å²) in [5, 5.41) is 23.3. The minimum Gasteiger partial charge on any atom is -0.475 e. The maximum Gasteiger partial charge on any atom is 0.490 e. The molecule has 1 aromatic rings. The van der Waals surface area contributed by atoms with E-state index in [1.807, 2.05) is 18.2 Å². The van der Waals surface area contributed by atoms with Gasteiger partial charge < -0.3 is 14.9 Å². The normalized spacial score (nSPS) is 24.1. The Morgan fingerprint density at radius 2 is 1.57 bits per heavy atom. The van der Waals surface area contributed by atoms with Gasteiger partial charge in [0.1, 0.15) is 0 Å². The van der Waals surface area contributed by atoms with Crippen LogP contribution in [0.3, 0.4) is 0 Å². The number of hydrogen-bond donors (Lipinski definition) is 2. The zero-order valence-corrected chi connectivity index (χ0v) is 19.6. The Balaban J connectivity index is 0.000000286. The lowest BCUT2D eigenvalue weighted by Gasteiger charge is -2.38. The number of carbonyl (C=O) groups is 2. The van der Waals surface area contributed by atoms with E-state index in [0.29, 0.717) is 12.0 Å². The van der Waals surface area contributed by atoms with Crippen LogP contribution in [-0.4, -0.2) is 89.7 Å². The molecule has 4 rings (SSSR count). The predicted molar refractivity (Wildman–Crippen MR) is 116 cm³/mol. The fourth-order valence-electron chi connectivity index (χ4n) is 4.64. The van der Waals surface area contributed by atoms with Crippen LogP contribution in [0.15, 0.2) is 24.3 Å². The molecule has 0 radical (unpaired) electrons. The van der Waals surface area contributed by atoms with E-state index in [1.54, 1.807) is 0 Å². The van der Waals surface area contributed by atoms with Crippen LogP contribution in [-0.2, 0) is 20.9 Å². The lowest BCUT2D eigenvalue weighted by Crippen LogP contribution is -2.49. The minimum absolute atomic E-state index is 0.617. The fraction of sp³-hybridized carbons (Fsp3) is 0.609. The molecule has 1 aromatic carbocycles. The zero-order chi connectivity index (χ0) is 27.8. The largest absolute Gasteiger partial charge is 0.490 e. The standard InChI is InChI=1S/C19H25N3O.2C2HF3O2/c20-9-15-4-3-5-16(8-15)10-21-11-17-13-23-14-19(18(17)12-21)22-6-1-2-7-22;2*3-2(4,5)1(6)7/h3-5,8,17-19H,1-2,6-7,10-14H2;2*(H,6,7)/t17-,18-,19-;;/m1../s1. The van der Waals surface area contributed by atoms with E-state index in [0.717, 1.165) is 37.8 Å². The maximum atomic E-state index is 10.6. The summed E-state index contributed by atoms with van der Waals surface area (Å²) in [5.41, 5.74) is 2.01. The molecule has 0 amide bonds. The number of carboxylic acid groups (broad SMARTS) is 2. The first-order valence-electron chi connectivity index (χ1n) is 11.4. The van der Waals surface area contributed by atoms with Crippen LogP contribution in [0, 0.1) is 23.2 Å². The van der Waals surface area contributed by atoms with E-state index >= 15 is 0 Å². The third-order valence-electron chi connectivity index (χ3n) is 6.24. The highest BCUT2D eigenvalue weighted by molar-refractivity contribution is 5.73. The molecule has 8 nitrogen and oxygen atoms in total. The topological polar surface area (TPSA) is 114 Å². The quantitative estimate of drug-likeness (QED) is 0.563. The van der Waals surface area contributed by atoms with Gasteiger partial charge in [0, 0.05) is 31.6 Å². The van der Waals surface area contributed by atoms with Crippen molar-refractivity contribution < 1.29 is 50.9 Å². The first-order chi connectivity index (χ1) is 17.2. The summed E-state index contributed by atoms with van der Waals surface area (Å²) in [5.74, 6) is -4.09. The van der Waals surface area contributed by atoms with Crippen molar-refractivity contribution >= 4 is 11.9 Å². The lowest BCUT2D eigenvalue weighted by atomic mass is 9.87. The number of hydrogen-bond acceptors (Lipinski definition) is 6. The molecule has 0 aromatic heterocycles. The van der Waals surface area contributed by atoms with Crippen LogP contribution in [0.2, 0.25) is 0 Å². The van der Waals surface area contributed by atoms with E-state index in [-0.39, 0.29) is 0 Å². The van der Waals surface area contributed by atoms with Crippen LogP contribution in [0.25, 0.3) is 0 Å². The maximum absolute atomic E-state index is 10.6. The summed E-state index contributed by atoms with van der Waals surface area (Å²) in [7, 11) is 0. The highest BCUT2D eigenvalue weighted by Crippen LogP contribution is 2.34. The van der Waals surface area contributed by atoms with Gasteiger partial charge in [-0.15, -0.1) is 0 Å². The Labute approximate surface area is 209 Å². The van der Waals surface area contributed by atoms with Crippen LogP contribution in [0.5, 0.6) is 0 Å². The van der Waals surface area contributed by atoms with E-state index in [4.69, 9.17) is 29.8 Å². The number of aliphatic carboxylic acids is 2. The van der Waals surface area contributed by atoms with Gasteiger partial charge in [-0.1, -0.05) is 12.1 Å². The second-order valence-corrected chi connectivity index (χ2v) is 8.88. The molecule has 3 heterocycles. The van der Waals surface area contributed by atoms with Crippen molar-refractivity contribution in [3.05, 3.63) is 35.4 Å². The summed E-state index contributed by atoms with van der Waals surface area (Å²) in [4.78, 5) is 23.0. The van der Waals surface area contributed by atoms with Crippen molar-refractivity contribution in [2.45, 2.75) is 37.8 Å². The Bertz CT molecular complexity index is 935. The Morgan fingerprint density at radius 1 is 1.00 bits per heavy atom. The van der Waals surface area contributed by atoms with Crippen molar-refractivity contribution in [3.63, 3.8) is 0 Å². The molecule has 0 saturated carbocycles. The number of fused-ring (bicyclic) bond motifs is 1. The van der Waals surface area contributed by atoms with E-state index in [2.05, 4.69) is 21.9 Å². The average molecular weight is 539 g/mol. The number of likely N-dealkylation sites (tertiary alicyclic amines) is 2. The second-order valence-electron chi connectivity index (χ2n) is 8.88. The van der Waals surface area contributed by atoms with Crippen molar-refractivity contribution in [2.75, 3.05) is 39.4 Å².